The maximum Gasteiger partial charge on any atom is 0.223 e. The molecule has 3 N–H and O–H groups in total. The fourth-order valence-electron chi connectivity index (χ4n) is 2.41. The van der Waals surface area contributed by atoms with Gasteiger partial charge in [0, 0.05) is 19.2 Å². The predicted octanol–water partition coefficient (Wildman–Crippen LogP) is 2.68. The van der Waals surface area contributed by atoms with Crippen molar-refractivity contribution in [1.82, 2.24) is 5.32 Å². The number of hydrogen-bond acceptors (Lipinski definition) is 4. The van der Waals surface area contributed by atoms with Gasteiger partial charge in [0.15, 0.2) is 0 Å². The van der Waals surface area contributed by atoms with Crippen molar-refractivity contribution in [2.24, 2.45) is 11.7 Å². The molecule has 1 aromatic rings. The van der Waals surface area contributed by atoms with E-state index < -0.39 is 0 Å². The van der Waals surface area contributed by atoms with Crippen LogP contribution in [0, 0.1) is 5.92 Å². The number of ether oxygens (including phenoxy) is 2. The Labute approximate surface area is 145 Å². The van der Waals surface area contributed by atoms with Crippen molar-refractivity contribution in [2.45, 2.75) is 38.8 Å². The third kappa shape index (κ3) is 7.20. The molecule has 5 nitrogen and oxygen atoms in total. The Kier molecular flexibility index (Phi) is 10.6. The van der Waals surface area contributed by atoms with Gasteiger partial charge >= 0.3 is 0 Å². The van der Waals surface area contributed by atoms with Gasteiger partial charge in [-0.3, -0.25) is 4.79 Å². The van der Waals surface area contributed by atoms with Gasteiger partial charge in [-0.05, 0) is 18.4 Å². The number of nitrogens with one attached hydrogen (secondary N) is 1. The summed E-state index contributed by atoms with van der Waals surface area (Å²) in [6.07, 6.45) is 0.848. The van der Waals surface area contributed by atoms with E-state index in [4.69, 9.17) is 15.2 Å². The molecule has 6 heteroatoms. The molecule has 0 bridgehead atoms. The van der Waals surface area contributed by atoms with Crippen molar-refractivity contribution in [3.8, 4) is 5.75 Å². The first-order chi connectivity index (χ1) is 10.5. The number of carbonyl (C=O) groups is 1. The SMILES string of the molecule is COc1ccccc1C(CC(C)C)NC(=O)CC(CN)OC.Cl. The van der Waals surface area contributed by atoms with E-state index in [2.05, 4.69) is 19.2 Å². The Morgan fingerprint density at radius 3 is 2.43 bits per heavy atom. The van der Waals surface area contributed by atoms with Crippen molar-refractivity contribution in [1.29, 1.82) is 0 Å². The van der Waals surface area contributed by atoms with Gasteiger partial charge in [0.2, 0.25) is 5.91 Å². The molecule has 23 heavy (non-hydrogen) atoms. The summed E-state index contributed by atoms with van der Waals surface area (Å²) in [6.45, 7) is 4.59. The van der Waals surface area contributed by atoms with E-state index in [1.165, 1.54) is 0 Å². The summed E-state index contributed by atoms with van der Waals surface area (Å²) in [4.78, 5) is 12.2. The van der Waals surface area contributed by atoms with E-state index in [-0.39, 0.29) is 36.9 Å². The molecule has 2 atom stereocenters. The minimum Gasteiger partial charge on any atom is -0.496 e. The van der Waals surface area contributed by atoms with Gasteiger partial charge in [0.1, 0.15) is 5.75 Å². The van der Waals surface area contributed by atoms with Crippen LogP contribution < -0.4 is 15.8 Å². The zero-order chi connectivity index (χ0) is 16.5. The second kappa shape index (κ2) is 11.3. The Morgan fingerprint density at radius 1 is 1.26 bits per heavy atom. The Balaban J connectivity index is 0.00000484. The van der Waals surface area contributed by atoms with Crippen molar-refractivity contribution < 1.29 is 14.3 Å². The fourth-order valence-corrected chi connectivity index (χ4v) is 2.41. The van der Waals surface area contributed by atoms with Crippen molar-refractivity contribution in [3.05, 3.63) is 29.8 Å². The van der Waals surface area contributed by atoms with Crippen molar-refractivity contribution in [2.75, 3.05) is 20.8 Å². The number of halogens is 1. The van der Waals surface area contributed by atoms with Gasteiger partial charge in [0.25, 0.3) is 0 Å². The van der Waals surface area contributed by atoms with Crippen LogP contribution in [0.25, 0.3) is 0 Å². The van der Waals surface area contributed by atoms with Crippen LogP contribution in [0.3, 0.4) is 0 Å². The molecule has 0 aliphatic heterocycles. The molecule has 2 unspecified atom stereocenters. The number of rotatable bonds is 9. The van der Waals surface area contributed by atoms with Crippen LogP contribution in [0.4, 0.5) is 0 Å². The summed E-state index contributed by atoms with van der Waals surface area (Å²) in [5, 5.41) is 3.08. The molecule has 1 rings (SSSR count). The number of carbonyl (C=O) groups excluding carboxylic acids is 1. The lowest BCUT2D eigenvalue weighted by molar-refractivity contribution is -0.124. The van der Waals surface area contributed by atoms with E-state index in [1.807, 2.05) is 24.3 Å². The lowest BCUT2D eigenvalue weighted by Gasteiger charge is -2.24. The molecule has 1 aromatic carbocycles. The Morgan fingerprint density at radius 2 is 1.91 bits per heavy atom. The minimum atomic E-state index is -0.252. The summed E-state index contributed by atoms with van der Waals surface area (Å²) >= 11 is 0. The van der Waals surface area contributed by atoms with Crippen molar-refractivity contribution in [3.63, 3.8) is 0 Å². The van der Waals surface area contributed by atoms with Gasteiger partial charge in [-0.15, -0.1) is 12.4 Å². The number of methoxy groups -OCH3 is 2. The molecule has 0 saturated carbocycles. The largest absolute Gasteiger partial charge is 0.496 e. The van der Waals surface area contributed by atoms with Crippen LogP contribution in [0.5, 0.6) is 5.75 Å². The first-order valence-corrected chi connectivity index (χ1v) is 7.66. The molecule has 0 aliphatic carbocycles. The fraction of sp³-hybridized carbons (Fsp3) is 0.588. The van der Waals surface area contributed by atoms with E-state index in [9.17, 15) is 4.79 Å². The standard InChI is InChI=1S/C17H28N2O3.ClH/c1-12(2)9-15(14-7-5-6-8-16(14)22-4)19-17(20)10-13(11-18)21-3;/h5-8,12-13,15H,9-11,18H2,1-4H3,(H,19,20);1H. The van der Waals surface area contributed by atoms with E-state index in [0.29, 0.717) is 12.5 Å². The molecule has 0 aromatic heterocycles. The van der Waals surface area contributed by atoms with Gasteiger partial charge < -0.3 is 20.5 Å². The van der Waals surface area contributed by atoms with Gasteiger partial charge in [-0.25, -0.2) is 0 Å². The topological polar surface area (TPSA) is 73.6 Å². The normalized spacial score (nSPS) is 13.1. The highest BCUT2D eigenvalue weighted by molar-refractivity contribution is 5.85. The highest BCUT2D eigenvalue weighted by atomic mass is 35.5. The highest BCUT2D eigenvalue weighted by Gasteiger charge is 2.21. The number of benzene rings is 1. The third-order valence-corrected chi connectivity index (χ3v) is 3.57. The predicted molar refractivity (Wildman–Crippen MR) is 95.0 cm³/mol. The van der Waals surface area contributed by atoms with E-state index in [0.717, 1.165) is 17.7 Å². The van der Waals surface area contributed by atoms with Crippen LogP contribution in [0.2, 0.25) is 0 Å². The average Bonchev–Trinajstić information content (AvgIpc) is 2.51. The molecule has 0 spiro atoms. The van der Waals surface area contributed by atoms with Gasteiger partial charge in [0.05, 0.1) is 25.7 Å². The first-order valence-electron chi connectivity index (χ1n) is 7.66. The zero-order valence-corrected chi connectivity index (χ0v) is 15.2. The quantitative estimate of drug-likeness (QED) is 0.722. The van der Waals surface area contributed by atoms with E-state index >= 15 is 0 Å². The van der Waals surface area contributed by atoms with Crippen molar-refractivity contribution >= 4 is 18.3 Å². The van der Waals surface area contributed by atoms with Gasteiger partial charge in [-0.1, -0.05) is 32.0 Å². The smallest absolute Gasteiger partial charge is 0.223 e. The lowest BCUT2D eigenvalue weighted by atomic mass is 9.96. The third-order valence-electron chi connectivity index (χ3n) is 3.57. The van der Waals surface area contributed by atoms with Gasteiger partial charge in [-0.2, -0.15) is 0 Å². The molecular formula is C17H29ClN2O3. The van der Waals surface area contributed by atoms with E-state index in [1.54, 1.807) is 14.2 Å². The molecule has 1 amide bonds. The summed E-state index contributed by atoms with van der Waals surface area (Å²) in [5.41, 5.74) is 6.57. The summed E-state index contributed by atoms with van der Waals surface area (Å²) in [5.74, 6) is 1.17. The molecule has 0 aliphatic rings. The Bertz CT molecular complexity index is 465. The van der Waals surface area contributed by atoms with Crippen LogP contribution >= 0.6 is 12.4 Å². The summed E-state index contributed by atoms with van der Waals surface area (Å²) < 4.78 is 10.6. The Hall–Kier alpha value is -1.30. The second-order valence-corrected chi connectivity index (χ2v) is 5.79. The first kappa shape index (κ1) is 21.7. The summed E-state index contributed by atoms with van der Waals surface area (Å²) in [6, 6.07) is 7.69. The maximum absolute atomic E-state index is 12.2. The average molecular weight is 345 g/mol. The van der Waals surface area contributed by atoms with Crippen LogP contribution in [-0.4, -0.2) is 32.8 Å². The minimum absolute atomic E-state index is 0. The maximum atomic E-state index is 12.2. The summed E-state index contributed by atoms with van der Waals surface area (Å²) in [7, 11) is 3.21. The molecule has 0 fully saturated rings. The molecule has 0 saturated heterocycles. The van der Waals surface area contributed by atoms with Crippen LogP contribution in [-0.2, 0) is 9.53 Å². The van der Waals surface area contributed by atoms with Crippen LogP contribution in [0.1, 0.15) is 38.3 Å². The highest BCUT2D eigenvalue weighted by Crippen LogP contribution is 2.29. The number of nitrogens with two attached hydrogens (primary N) is 1. The number of para-hydroxylation sites is 1. The number of amides is 1. The molecule has 0 heterocycles. The molecule has 0 radical (unpaired) electrons. The zero-order valence-electron chi connectivity index (χ0n) is 14.4. The molecule has 132 valence electrons. The lowest BCUT2D eigenvalue weighted by Crippen LogP contribution is -2.35. The number of hydrogen-bond donors (Lipinski definition) is 2. The monoisotopic (exact) mass is 344 g/mol. The second-order valence-electron chi connectivity index (χ2n) is 5.79. The molecular weight excluding hydrogens is 316 g/mol. The van der Waals surface area contributed by atoms with Crippen LogP contribution in [0.15, 0.2) is 24.3 Å².